The molecule has 7 heteroatoms. The van der Waals surface area contributed by atoms with E-state index in [4.69, 9.17) is 15.4 Å². The van der Waals surface area contributed by atoms with Crippen molar-refractivity contribution >= 4 is 25.6 Å². The number of methoxy groups -OCH3 is 1. The number of hydrogen-bond acceptors (Lipinski definition) is 4. The fourth-order valence-corrected chi connectivity index (χ4v) is 2.57. The van der Waals surface area contributed by atoms with Crippen LogP contribution in [0, 0.1) is 5.92 Å². The summed E-state index contributed by atoms with van der Waals surface area (Å²) in [6.45, 7) is 5.97. The molecule has 0 aromatic heterocycles. The summed E-state index contributed by atoms with van der Waals surface area (Å²) in [5.41, 5.74) is 0.148. The molecule has 1 N–H and O–H groups in total. The lowest BCUT2D eigenvalue weighted by Gasteiger charge is -2.20. The highest BCUT2D eigenvalue weighted by Gasteiger charge is 2.20. The molecule has 0 saturated heterocycles. The molecule has 1 rings (SSSR count). The number of carbonyl (C=O) groups is 1. The van der Waals surface area contributed by atoms with E-state index in [1.807, 2.05) is 20.8 Å². The van der Waals surface area contributed by atoms with Gasteiger partial charge in [-0.1, -0.05) is 20.3 Å². The van der Waals surface area contributed by atoms with Gasteiger partial charge in [0.2, 0.25) is 0 Å². The minimum Gasteiger partial charge on any atom is -0.496 e. The van der Waals surface area contributed by atoms with E-state index < -0.39 is 9.05 Å². The average Bonchev–Trinajstić information content (AvgIpc) is 2.44. The van der Waals surface area contributed by atoms with Crippen LogP contribution in [0.15, 0.2) is 23.1 Å². The van der Waals surface area contributed by atoms with Crippen molar-refractivity contribution in [1.29, 1.82) is 0 Å². The van der Waals surface area contributed by atoms with Crippen molar-refractivity contribution < 1.29 is 17.9 Å². The Labute approximate surface area is 130 Å². The first-order valence-electron chi connectivity index (χ1n) is 6.64. The standard InChI is InChI=1S/C14H20ClNO4S/c1-5-9(2)10(3)16-14(17)12-8-11(21(15,18)19)6-7-13(12)20-4/h6-10H,5H2,1-4H3,(H,16,17). The quantitative estimate of drug-likeness (QED) is 0.812. The van der Waals surface area contributed by atoms with Gasteiger partial charge in [0.1, 0.15) is 5.75 Å². The summed E-state index contributed by atoms with van der Waals surface area (Å²) in [5.74, 6) is 0.217. The lowest BCUT2D eigenvalue weighted by Crippen LogP contribution is -2.37. The average molecular weight is 334 g/mol. The Hall–Kier alpha value is -1.27. The van der Waals surface area contributed by atoms with Gasteiger partial charge in [0.25, 0.3) is 15.0 Å². The molecule has 1 aromatic rings. The molecule has 5 nitrogen and oxygen atoms in total. The highest BCUT2D eigenvalue weighted by molar-refractivity contribution is 8.13. The summed E-state index contributed by atoms with van der Waals surface area (Å²) < 4.78 is 27.9. The Morgan fingerprint density at radius 2 is 2.00 bits per heavy atom. The molecule has 0 aliphatic rings. The first-order valence-corrected chi connectivity index (χ1v) is 8.95. The van der Waals surface area contributed by atoms with Crippen LogP contribution >= 0.6 is 10.7 Å². The fourth-order valence-electron chi connectivity index (χ4n) is 1.80. The van der Waals surface area contributed by atoms with Crippen LogP contribution in [0.2, 0.25) is 0 Å². The number of amides is 1. The maximum absolute atomic E-state index is 12.3. The van der Waals surface area contributed by atoms with Gasteiger partial charge in [-0.2, -0.15) is 0 Å². The zero-order chi connectivity index (χ0) is 16.2. The number of benzene rings is 1. The van der Waals surface area contributed by atoms with E-state index in [1.165, 1.54) is 25.3 Å². The first-order chi connectivity index (χ1) is 9.70. The zero-order valence-corrected chi connectivity index (χ0v) is 14.1. The second kappa shape index (κ2) is 7.13. The minimum atomic E-state index is -3.90. The van der Waals surface area contributed by atoms with E-state index in [0.29, 0.717) is 11.7 Å². The number of carbonyl (C=O) groups excluding carboxylic acids is 1. The molecule has 21 heavy (non-hydrogen) atoms. The largest absolute Gasteiger partial charge is 0.496 e. The number of halogens is 1. The van der Waals surface area contributed by atoms with Crippen molar-refractivity contribution in [2.75, 3.05) is 7.11 Å². The Kier molecular flexibility index (Phi) is 6.04. The van der Waals surface area contributed by atoms with Gasteiger partial charge in [-0.05, 0) is 31.0 Å². The van der Waals surface area contributed by atoms with E-state index in [2.05, 4.69) is 5.32 Å². The van der Waals surface area contributed by atoms with E-state index >= 15 is 0 Å². The lowest BCUT2D eigenvalue weighted by atomic mass is 10.0. The summed E-state index contributed by atoms with van der Waals surface area (Å²) >= 11 is 0. The van der Waals surface area contributed by atoms with Gasteiger partial charge in [-0.15, -0.1) is 0 Å². The fraction of sp³-hybridized carbons (Fsp3) is 0.500. The van der Waals surface area contributed by atoms with Crippen LogP contribution in [0.3, 0.4) is 0 Å². The van der Waals surface area contributed by atoms with Gasteiger partial charge < -0.3 is 10.1 Å². The van der Waals surface area contributed by atoms with Crippen molar-refractivity contribution in [2.45, 2.75) is 38.1 Å². The molecule has 0 aliphatic heterocycles. The highest BCUT2D eigenvalue weighted by atomic mass is 35.7. The molecule has 0 fully saturated rings. The summed E-state index contributed by atoms with van der Waals surface area (Å²) in [5, 5.41) is 2.84. The van der Waals surface area contributed by atoms with Crippen molar-refractivity contribution in [3.8, 4) is 5.75 Å². The maximum atomic E-state index is 12.3. The normalized spacial score (nSPS) is 14.3. The smallest absolute Gasteiger partial charge is 0.261 e. The van der Waals surface area contributed by atoms with Crippen LogP contribution in [0.25, 0.3) is 0 Å². The molecule has 2 atom stereocenters. The van der Waals surface area contributed by atoms with Crippen molar-refractivity contribution in [3.05, 3.63) is 23.8 Å². The molecule has 1 aromatic carbocycles. The maximum Gasteiger partial charge on any atom is 0.261 e. The number of hydrogen-bond donors (Lipinski definition) is 1. The van der Waals surface area contributed by atoms with Crippen LogP contribution in [0.5, 0.6) is 5.75 Å². The molecule has 0 saturated carbocycles. The number of rotatable bonds is 6. The summed E-state index contributed by atoms with van der Waals surface area (Å²) in [4.78, 5) is 12.2. The first kappa shape index (κ1) is 17.8. The third-order valence-electron chi connectivity index (χ3n) is 3.55. The van der Waals surface area contributed by atoms with Crippen LogP contribution in [0.4, 0.5) is 0 Å². The third kappa shape index (κ3) is 4.61. The number of ether oxygens (including phenoxy) is 1. The number of nitrogens with one attached hydrogen (secondary N) is 1. The van der Waals surface area contributed by atoms with Gasteiger partial charge in [-0.3, -0.25) is 4.79 Å². The zero-order valence-electron chi connectivity index (χ0n) is 12.5. The molecular formula is C14H20ClNO4S. The van der Waals surface area contributed by atoms with E-state index in [1.54, 1.807) is 0 Å². The van der Waals surface area contributed by atoms with Gasteiger partial charge in [0, 0.05) is 16.7 Å². The van der Waals surface area contributed by atoms with Gasteiger partial charge in [0.15, 0.2) is 0 Å². The Morgan fingerprint density at radius 1 is 1.38 bits per heavy atom. The van der Waals surface area contributed by atoms with Crippen LogP contribution in [-0.2, 0) is 9.05 Å². The molecule has 118 valence electrons. The molecule has 0 spiro atoms. The Morgan fingerprint density at radius 3 is 2.48 bits per heavy atom. The van der Waals surface area contributed by atoms with Crippen LogP contribution in [0.1, 0.15) is 37.6 Å². The topological polar surface area (TPSA) is 72.5 Å². The molecule has 0 bridgehead atoms. The van der Waals surface area contributed by atoms with Crippen molar-refractivity contribution in [3.63, 3.8) is 0 Å². The Balaban J connectivity index is 3.12. The molecule has 1 amide bonds. The van der Waals surface area contributed by atoms with Gasteiger partial charge in [-0.25, -0.2) is 8.42 Å². The monoisotopic (exact) mass is 333 g/mol. The minimum absolute atomic E-state index is 0.0385. The summed E-state index contributed by atoms with van der Waals surface area (Å²) in [6, 6.07) is 3.90. The molecular weight excluding hydrogens is 314 g/mol. The van der Waals surface area contributed by atoms with E-state index in [9.17, 15) is 13.2 Å². The van der Waals surface area contributed by atoms with E-state index in [0.717, 1.165) is 6.42 Å². The second-order valence-electron chi connectivity index (χ2n) is 4.95. The van der Waals surface area contributed by atoms with Gasteiger partial charge in [0.05, 0.1) is 17.6 Å². The third-order valence-corrected chi connectivity index (χ3v) is 4.90. The molecule has 2 unspecified atom stereocenters. The van der Waals surface area contributed by atoms with Crippen LogP contribution < -0.4 is 10.1 Å². The molecule has 0 radical (unpaired) electrons. The predicted molar refractivity (Wildman–Crippen MR) is 82.4 cm³/mol. The second-order valence-corrected chi connectivity index (χ2v) is 7.51. The summed E-state index contributed by atoms with van der Waals surface area (Å²) in [6.07, 6.45) is 0.925. The van der Waals surface area contributed by atoms with Gasteiger partial charge >= 0.3 is 0 Å². The lowest BCUT2D eigenvalue weighted by molar-refractivity contribution is 0.0925. The predicted octanol–water partition coefficient (Wildman–Crippen LogP) is 2.79. The van der Waals surface area contributed by atoms with E-state index in [-0.39, 0.29) is 22.4 Å². The highest BCUT2D eigenvalue weighted by Crippen LogP contribution is 2.24. The SMILES string of the molecule is CCC(C)C(C)NC(=O)c1cc(S(=O)(=O)Cl)ccc1OC. The Bertz CT molecular complexity index is 615. The summed E-state index contributed by atoms with van der Waals surface area (Å²) in [7, 11) is 2.83. The molecule has 0 heterocycles. The molecule has 0 aliphatic carbocycles. The van der Waals surface area contributed by atoms with Crippen LogP contribution in [-0.4, -0.2) is 27.5 Å². The van der Waals surface area contributed by atoms with Crippen molar-refractivity contribution in [2.24, 2.45) is 5.92 Å². The van der Waals surface area contributed by atoms with Crippen molar-refractivity contribution in [1.82, 2.24) is 5.32 Å².